The summed E-state index contributed by atoms with van der Waals surface area (Å²) in [6, 6.07) is 6.86. The third-order valence-electron chi connectivity index (χ3n) is 4.90. The molecule has 1 rings (SSSR count). The van der Waals surface area contributed by atoms with Crippen LogP contribution in [0.4, 0.5) is 0 Å². The third-order valence-corrected chi connectivity index (χ3v) is 4.90. The van der Waals surface area contributed by atoms with Gasteiger partial charge in [-0.25, -0.2) is 0 Å². The van der Waals surface area contributed by atoms with Gasteiger partial charge in [0, 0.05) is 6.54 Å². The fourth-order valence-electron chi connectivity index (χ4n) is 3.28. The van der Waals surface area contributed by atoms with Crippen LogP contribution in [0.25, 0.3) is 5.57 Å². The number of aryl methyl sites for hydroxylation is 2. The molecule has 1 aromatic carbocycles. The zero-order valence-corrected chi connectivity index (χ0v) is 16.1. The molecule has 0 radical (unpaired) electrons. The standard InChI is InChI=1S/C23H35N/c1-7-10-22(23-14-11-20(8-2)17-19(23)6)13-12-21(18(4)5)15-16-24-9-3/h7,9-11,14,17-18,21,24H,1,3,8,12-13,15-16H2,2,4-6H3/b22-10-. The van der Waals surface area contributed by atoms with Gasteiger partial charge in [-0.05, 0) is 72.9 Å². The highest BCUT2D eigenvalue weighted by molar-refractivity contribution is 5.69. The van der Waals surface area contributed by atoms with E-state index in [-0.39, 0.29) is 0 Å². The van der Waals surface area contributed by atoms with Crippen LogP contribution in [0.15, 0.2) is 49.7 Å². The molecule has 1 N–H and O–H groups in total. The summed E-state index contributed by atoms with van der Waals surface area (Å²) in [5.74, 6) is 1.42. The highest BCUT2D eigenvalue weighted by Gasteiger charge is 2.15. The second-order valence-electron chi connectivity index (χ2n) is 6.92. The molecule has 0 bridgehead atoms. The summed E-state index contributed by atoms with van der Waals surface area (Å²) in [4.78, 5) is 0. The molecule has 0 spiro atoms. The summed E-state index contributed by atoms with van der Waals surface area (Å²) in [5.41, 5.74) is 5.56. The zero-order chi connectivity index (χ0) is 17.9. The van der Waals surface area contributed by atoms with Crippen molar-refractivity contribution in [3.8, 4) is 0 Å². The molecule has 1 heteroatoms. The van der Waals surface area contributed by atoms with Crippen LogP contribution >= 0.6 is 0 Å². The molecule has 0 saturated heterocycles. The number of rotatable bonds is 11. The van der Waals surface area contributed by atoms with Gasteiger partial charge < -0.3 is 5.32 Å². The maximum absolute atomic E-state index is 3.91. The van der Waals surface area contributed by atoms with Crippen LogP contribution in [0.1, 0.15) is 56.7 Å². The van der Waals surface area contributed by atoms with Gasteiger partial charge >= 0.3 is 0 Å². The fraction of sp³-hybridized carbons (Fsp3) is 0.478. The lowest BCUT2D eigenvalue weighted by Crippen LogP contribution is -2.16. The van der Waals surface area contributed by atoms with Crippen molar-refractivity contribution in [1.82, 2.24) is 5.32 Å². The smallest absolute Gasteiger partial charge is 0.0144 e. The van der Waals surface area contributed by atoms with Crippen LogP contribution in [0.3, 0.4) is 0 Å². The van der Waals surface area contributed by atoms with Crippen molar-refractivity contribution in [2.24, 2.45) is 11.8 Å². The molecular formula is C23H35N. The minimum Gasteiger partial charge on any atom is -0.391 e. The van der Waals surface area contributed by atoms with Gasteiger partial charge in [-0.2, -0.15) is 0 Å². The summed E-state index contributed by atoms with van der Waals surface area (Å²) in [7, 11) is 0. The molecule has 1 nitrogen and oxygen atoms in total. The van der Waals surface area contributed by atoms with Gasteiger partial charge in [0.25, 0.3) is 0 Å². The molecule has 1 atom stereocenters. The minimum absolute atomic E-state index is 0.699. The average Bonchev–Trinajstić information content (AvgIpc) is 2.56. The first-order chi connectivity index (χ1) is 11.5. The number of benzene rings is 1. The first kappa shape index (κ1) is 20.3. The lowest BCUT2D eigenvalue weighted by atomic mass is 9.85. The molecule has 132 valence electrons. The molecule has 0 aliphatic heterocycles. The second kappa shape index (κ2) is 10.9. The topological polar surface area (TPSA) is 12.0 Å². The van der Waals surface area contributed by atoms with Crippen LogP contribution in [0.2, 0.25) is 0 Å². The molecule has 1 aromatic rings. The third kappa shape index (κ3) is 6.39. The van der Waals surface area contributed by atoms with Gasteiger partial charge in [0.05, 0.1) is 0 Å². The van der Waals surface area contributed by atoms with E-state index in [0.717, 1.165) is 25.3 Å². The van der Waals surface area contributed by atoms with Crippen molar-refractivity contribution in [1.29, 1.82) is 0 Å². The molecule has 0 aliphatic rings. The predicted octanol–water partition coefficient (Wildman–Crippen LogP) is 6.30. The van der Waals surface area contributed by atoms with Crippen molar-refractivity contribution in [3.05, 3.63) is 66.4 Å². The largest absolute Gasteiger partial charge is 0.391 e. The summed E-state index contributed by atoms with van der Waals surface area (Å²) >= 11 is 0. The van der Waals surface area contributed by atoms with E-state index >= 15 is 0 Å². The van der Waals surface area contributed by atoms with Gasteiger partial charge in [-0.1, -0.05) is 64.3 Å². The Morgan fingerprint density at radius 1 is 1.21 bits per heavy atom. The minimum atomic E-state index is 0.699. The molecule has 0 saturated carbocycles. The van der Waals surface area contributed by atoms with Gasteiger partial charge in [-0.3, -0.25) is 0 Å². The molecule has 0 aromatic heterocycles. The Bertz CT molecular complexity index is 551. The summed E-state index contributed by atoms with van der Waals surface area (Å²) in [5, 5.41) is 3.23. The average molecular weight is 326 g/mol. The SMILES string of the molecule is C=C/C=C(/CCC(CCNC=C)C(C)C)c1ccc(CC)cc1C. The molecular weight excluding hydrogens is 290 g/mol. The van der Waals surface area contributed by atoms with Gasteiger partial charge in [-0.15, -0.1) is 0 Å². The van der Waals surface area contributed by atoms with E-state index in [4.69, 9.17) is 0 Å². The Morgan fingerprint density at radius 2 is 1.96 bits per heavy atom. The molecule has 24 heavy (non-hydrogen) atoms. The van der Waals surface area contributed by atoms with E-state index in [9.17, 15) is 0 Å². The number of nitrogens with one attached hydrogen (secondary N) is 1. The Kier molecular flexibility index (Phi) is 9.22. The van der Waals surface area contributed by atoms with Gasteiger partial charge in [0.2, 0.25) is 0 Å². The fourth-order valence-corrected chi connectivity index (χ4v) is 3.28. The Hall–Kier alpha value is -1.76. The van der Waals surface area contributed by atoms with Crippen LogP contribution in [0.5, 0.6) is 0 Å². The van der Waals surface area contributed by atoms with E-state index in [0.29, 0.717) is 5.92 Å². The van der Waals surface area contributed by atoms with E-state index in [2.05, 4.69) is 70.4 Å². The van der Waals surface area contributed by atoms with Crippen molar-refractivity contribution in [2.45, 2.75) is 53.4 Å². The Morgan fingerprint density at radius 3 is 2.50 bits per heavy atom. The number of hydrogen-bond donors (Lipinski definition) is 1. The maximum Gasteiger partial charge on any atom is 0.0144 e. The number of allylic oxidation sites excluding steroid dienone is 3. The Labute approximate surface area is 149 Å². The zero-order valence-electron chi connectivity index (χ0n) is 16.1. The molecule has 0 aliphatic carbocycles. The highest BCUT2D eigenvalue weighted by Crippen LogP contribution is 2.29. The predicted molar refractivity (Wildman–Crippen MR) is 109 cm³/mol. The van der Waals surface area contributed by atoms with Crippen LogP contribution in [0, 0.1) is 18.8 Å². The van der Waals surface area contributed by atoms with E-state index < -0.39 is 0 Å². The summed E-state index contributed by atoms with van der Waals surface area (Å²) in [6.45, 7) is 17.7. The van der Waals surface area contributed by atoms with E-state index in [1.165, 1.54) is 35.1 Å². The van der Waals surface area contributed by atoms with Crippen molar-refractivity contribution in [2.75, 3.05) is 6.54 Å². The van der Waals surface area contributed by atoms with E-state index in [1.807, 2.05) is 6.08 Å². The molecule has 1 unspecified atom stereocenters. The molecule has 0 heterocycles. The van der Waals surface area contributed by atoms with Crippen LogP contribution < -0.4 is 5.32 Å². The first-order valence-corrected chi connectivity index (χ1v) is 9.29. The molecule has 0 fully saturated rings. The van der Waals surface area contributed by atoms with Crippen LogP contribution in [-0.4, -0.2) is 6.54 Å². The monoisotopic (exact) mass is 325 g/mol. The van der Waals surface area contributed by atoms with Crippen molar-refractivity contribution < 1.29 is 0 Å². The summed E-state index contributed by atoms with van der Waals surface area (Å²) < 4.78 is 0. The quantitative estimate of drug-likeness (QED) is 0.372. The lowest BCUT2D eigenvalue weighted by Gasteiger charge is -2.22. The van der Waals surface area contributed by atoms with Crippen molar-refractivity contribution in [3.63, 3.8) is 0 Å². The molecule has 0 amide bonds. The Balaban J connectivity index is 2.84. The van der Waals surface area contributed by atoms with Crippen molar-refractivity contribution >= 4 is 5.57 Å². The maximum atomic E-state index is 3.91. The highest BCUT2D eigenvalue weighted by atomic mass is 14.8. The van der Waals surface area contributed by atoms with Crippen LogP contribution in [-0.2, 0) is 6.42 Å². The van der Waals surface area contributed by atoms with E-state index in [1.54, 1.807) is 6.20 Å². The number of hydrogen-bond acceptors (Lipinski definition) is 1. The van der Waals surface area contributed by atoms with Gasteiger partial charge in [0.15, 0.2) is 0 Å². The van der Waals surface area contributed by atoms with Gasteiger partial charge in [0.1, 0.15) is 0 Å². The normalized spacial score (nSPS) is 13.0. The lowest BCUT2D eigenvalue weighted by molar-refractivity contribution is 0.339. The summed E-state index contributed by atoms with van der Waals surface area (Å²) in [6.07, 6.45) is 10.5. The second-order valence-corrected chi connectivity index (χ2v) is 6.92. The first-order valence-electron chi connectivity index (χ1n) is 9.29.